The zero-order valence-corrected chi connectivity index (χ0v) is 19.4. The molecule has 0 spiro atoms. The number of nitrogens with zero attached hydrogens (tertiary/aromatic N) is 2. The van der Waals surface area contributed by atoms with Gasteiger partial charge in [-0.05, 0) is 18.6 Å². The Labute approximate surface area is 202 Å². The Morgan fingerprint density at radius 1 is 1.00 bits per heavy atom. The van der Waals surface area contributed by atoms with Gasteiger partial charge in [0, 0.05) is 24.2 Å². The lowest BCUT2D eigenvalue weighted by Gasteiger charge is -2.16. The molecular formula is C27H25N3O5. The quantitative estimate of drug-likeness (QED) is 0.366. The molecule has 4 aromatic rings. The monoisotopic (exact) mass is 471 g/mol. The first-order chi connectivity index (χ1) is 17.0. The van der Waals surface area contributed by atoms with Crippen LogP contribution in [-0.2, 0) is 22.6 Å². The number of ether oxygens (including phenoxy) is 2. The molecule has 0 radical (unpaired) electrons. The van der Waals surface area contributed by atoms with Crippen LogP contribution in [-0.4, -0.2) is 35.2 Å². The highest BCUT2D eigenvalue weighted by atomic mass is 16.5. The Morgan fingerprint density at radius 2 is 1.71 bits per heavy atom. The minimum Gasteiger partial charge on any atom is -0.473 e. The number of carbonyl (C=O) groups is 2. The first kappa shape index (κ1) is 23.7. The van der Waals surface area contributed by atoms with Crippen molar-refractivity contribution in [2.24, 2.45) is 0 Å². The molecule has 0 saturated heterocycles. The van der Waals surface area contributed by atoms with E-state index >= 15 is 0 Å². The molecule has 1 N–H and O–H groups in total. The lowest BCUT2D eigenvalue weighted by molar-refractivity contribution is -0.142. The first-order valence-corrected chi connectivity index (χ1v) is 11.1. The van der Waals surface area contributed by atoms with Crippen molar-refractivity contribution in [1.82, 2.24) is 15.5 Å². The minimum absolute atomic E-state index is 0.208. The molecule has 2 aromatic carbocycles. The highest BCUT2D eigenvalue weighted by Gasteiger charge is 2.23. The van der Waals surface area contributed by atoms with E-state index in [1.165, 1.54) is 13.3 Å². The lowest BCUT2D eigenvalue weighted by Crippen LogP contribution is -2.43. The minimum atomic E-state index is -0.821. The third kappa shape index (κ3) is 5.92. The number of amides is 1. The summed E-state index contributed by atoms with van der Waals surface area (Å²) in [6, 6.07) is 21.5. The molecule has 0 aliphatic heterocycles. The van der Waals surface area contributed by atoms with Crippen molar-refractivity contribution in [2.75, 3.05) is 7.11 Å². The smallest absolute Gasteiger partial charge is 0.328 e. The zero-order chi connectivity index (χ0) is 24.6. The molecule has 2 heterocycles. The Morgan fingerprint density at radius 3 is 2.37 bits per heavy atom. The largest absolute Gasteiger partial charge is 0.473 e. The number of benzene rings is 2. The van der Waals surface area contributed by atoms with Crippen LogP contribution in [0.15, 0.2) is 83.5 Å². The molecule has 2 aromatic heterocycles. The van der Waals surface area contributed by atoms with Crippen molar-refractivity contribution in [3.63, 3.8) is 0 Å². The molecule has 4 rings (SSSR count). The number of carbonyl (C=O) groups excluding carboxylic acids is 2. The maximum absolute atomic E-state index is 12.7. The molecule has 0 saturated carbocycles. The Bertz CT molecular complexity index is 1270. The van der Waals surface area contributed by atoms with E-state index < -0.39 is 17.9 Å². The maximum atomic E-state index is 12.7. The third-order valence-electron chi connectivity index (χ3n) is 5.47. The topological polar surface area (TPSA) is 104 Å². The maximum Gasteiger partial charge on any atom is 0.328 e. The van der Waals surface area contributed by atoms with Crippen LogP contribution < -0.4 is 10.1 Å². The van der Waals surface area contributed by atoms with E-state index in [0.717, 1.165) is 16.7 Å². The number of aromatic nitrogens is 2. The summed E-state index contributed by atoms with van der Waals surface area (Å²) >= 11 is 0. The standard InChI is InChI=1S/C27H25N3O5/c1-18-22(25(30-35-18)20-11-7-4-8-12-20)17-34-24-14-13-21(16-28-24)26(31)29-23(27(32)33-2)15-19-9-5-3-6-10-19/h3-14,16,23H,15,17H2,1-2H3,(H,29,31)/t23-/m0/s1. The van der Waals surface area contributed by atoms with E-state index in [1.807, 2.05) is 67.6 Å². The van der Waals surface area contributed by atoms with Crippen molar-refractivity contribution in [3.05, 3.63) is 101 Å². The van der Waals surface area contributed by atoms with Gasteiger partial charge in [-0.1, -0.05) is 65.8 Å². The van der Waals surface area contributed by atoms with Gasteiger partial charge < -0.3 is 19.3 Å². The van der Waals surface area contributed by atoms with Crippen LogP contribution in [0.1, 0.15) is 27.2 Å². The predicted molar refractivity (Wildman–Crippen MR) is 129 cm³/mol. The fourth-order valence-electron chi connectivity index (χ4n) is 3.56. The van der Waals surface area contributed by atoms with E-state index in [1.54, 1.807) is 12.1 Å². The van der Waals surface area contributed by atoms with E-state index in [0.29, 0.717) is 29.3 Å². The summed E-state index contributed by atoms with van der Waals surface area (Å²) in [6.07, 6.45) is 1.72. The number of aryl methyl sites for hydroxylation is 1. The predicted octanol–water partition coefficient (Wildman–Crippen LogP) is 4.14. The molecule has 0 unspecified atom stereocenters. The molecular weight excluding hydrogens is 446 g/mol. The second kappa shape index (κ2) is 11.1. The third-order valence-corrected chi connectivity index (χ3v) is 5.47. The number of hydrogen-bond donors (Lipinski definition) is 1. The normalized spacial score (nSPS) is 11.5. The number of pyridine rings is 1. The summed E-state index contributed by atoms with van der Waals surface area (Å²) in [6.45, 7) is 2.03. The van der Waals surface area contributed by atoms with Gasteiger partial charge in [0.25, 0.3) is 5.91 Å². The van der Waals surface area contributed by atoms with Gasteiger partial charge in [0.2, 0.25) is 5.88 Å². The van der Waals surface area contributed by atoms with Gasteiger partial charge in [-0.3, -0.25) is 4.79 Å². The van der Waals surface area contributed by atoms with Crippen LogP contribution in [0.3, 0.4) is 0 Å². The van der Waals surface area contributed by atoms with Crippen molar-refractivity contribution in [1.29, 1.82) is 0 Å². The zero-order valence-electron chi connectivity index (χ0n) is 19.4. The summed E-state index contributed by atoms with van der Waals surface area (Å²) in [5.41, 5.74) is 3.67. The van der Waals surface area contributed by atoms with E-state index in [-0.39, 0.29) is 6.61 Å². The van der Waals surface area contributed by atoms with Crippen LogP contribution in [0.25, 0.3) is 11.3 Å². The highest BCUT2D eigenvalue weighted by molar-refractivity contribution is 5.96. The first-order valence-electron chi connectivity index (χ1n) is 11.1. The molecule has 0 aliphatic carbocycles. The molecule has 0 bridgehead atoms. The van der Waals surface area contributed by atoms with Crippen LogP contribution in [0.2, 0.25) is 0 Å². The Balaban J connectivity index is 1.40. The molecule has 8 heteroatoms. The average molecular weight is 472 g/mol. The van der Waals surface area contributed by atoms with Crippen LogP contribution >= 0.6 is 0 Å². The molecule has 0 fully saturated rings. The van der Waals surface area contributed by atoms with Crippen molar-refractivity contribution in [2.45, 2.75) is 26.0 Å². The van der Waals surface area contributed by atoms with E-state index in [9.17, 15) is 9.59 Å². The summed E-state index contributed by atoms with van der Waals surface area (Å²) in [5, 5.41) is 6.87. The number of nitrogens with one attached hydrogen (secondary N) is 1. The number of hydrogen-bond acceptors (Lipinski definition) is 7. The summed E-state index contributed by atoms with van der Waals surface area (Å²) in [5.74, 6) is 0.0483. The SMILES string of the molecule is COC(=O)[C@H](Cc1ccccc1)NC(=O)c1ccc(OCc2c(-c3ccccc3)noc2C)nc1. The molecule has 0 aliphatic rings. The van der Waals surface area contributed by atoms with Gasteiger partial charge in [0.05, 0.1) is 18.2 Å². The fraction of sp³-hybridized carbons (Fsp3) is 0.185. The van der Waals surface area contributed by atoms with E-state index in [4.69, 9.17) is 14.0 Å². The second-order valence-corrected chi connectivity index (χ2v) is 7.84. The van der Waals surface area contributed by atoms with E-state index in [2.05, 4.69) is 15.5 Å². The lowest BCUT2D eigenvalue weighted by atomic mass is 10.1. The van der Waals surface area contributed by atoms with Crippen LogP contribution in [0.5, 0.6) is 5.88 Å². The highest BCUT2D eigenvalue weighted by Crippen LogP contribution is 2.26. The van der Waals surface area contributed by atoms with Gasteiger partial charge >= 0.3 is 5.97 Å². The van der Waals surface area contributed by atoms with Gasteiger partial charge in [-0.25, -0.2) is 9.78 Å². The molecule has 1 amide bonds. The number of rotatable bonds is 9. The molecule has 8 nitrogen and oxygen atoms in total. The Hall–Kier alpha value is -4.46. The van der Waals surface area contributed by atoms with Gasteiger partial charge in [-0.2, -0.15) is 0 Å². The van der Waals surface area contributed by atoms with Gasteiger partial charge in [0.15, 0.2) is 0 Å². The second-order valence-electron chi connectivity index (χ2n) is 7.84. The van der Waals surface area contributed by atoms with Crippen LogP contribution in [0, 0.1) is 6.92 Å². The summed E-state index contributed by atoms with van der Waals surface area (Å²) < 4.78 is 16.0. The van der Waals surface area contributed by atoms with Gasteiger partial charge in [0.1, 0.15) is 24.1 Å². The average Bonchev–Trinajstić information content (AvgIpc) is 3.28. The fourth-order valence-corrected chi connectivity index (χ4v) is 3.56. The number of esters is 1. The van der Waals surface area contributed by atoms with Crippen molar-refractivity contribution < 1.29 is 23.6 Å². The molecule has 1 atom stereocenters. The van der Waals surface area contributed by atoms with Gasteiger partial charge in [-0.15, -0.1) is 0 Å². The van der Waals surface area contributed by atoms with Crippen molar-refractivity contribution >= 4 is 11.9 Å². The van der Waals surface area contributed by atoms with Crippen molar-refractivity contribution in [3.8, 4) is 17.1 Å². The molecule has 178 valence electrons. The molecule has 35 heavy (non-hydrogen) atoms. The summed E-state index contributed by atoms with van der Waals surface area (Å²) in [4.78, 5) is 29.2. The number of methoxy groups -OCH3 is 1. The Kier molecular flexibility index (Phi) is 7.52. The summed E-state index contributed by atoms with van der Waals surface area (Å²) in [7, 11) is 1.29. The van der Waals surface area contributed by atoms with Crippen LogP contribution in [0.4, 0.5) is 0 Å².